The molecule has 1 atom stereocenters. The van der Waals surface area contributed by atoms with Crippen LogP contribution >= 0.6 is 11.6 Å². The van der Waals surface area contributed by atoms with Gasteiger partial charge in [0.2, 0.25) is 17.6 Å². The van der Waals surface area contributed by atoms with E-state index in [0.717, 1.165) is 33.9 Å². The first kappa shape index (κ1) is 36.0. The minimum Gasteiger partial charge on any atom is -0.481 e. The van der Waals surface area contributed by atoms with Crippen LogP contribution < -0.4 is 19.5 Å². The summed E-state index contributed by atoms with van der Waals surface area (Å²) in [6, 6.07) is 16.0. The molecule has 10 nitrogen and oxygen atoms in total. The fourth-order valence-corrected chi connectivity index (χ4v) is 7.55. The van der Waals surface area contributed by atoms with Crippen LogP contribution in [0.5, 0.6) is 17.6 Å². The van der Waals surface area contributed by atoms with E-state index in [1.807, 2.05) is 48.5 Å². The van der Waals surface area contributed by atoms with Gasteiger partial charge in [0.1, 0.15) is 17.2 Å². The first-order chi connectivity index (χ1) is 24.7. The first-order valence-corrected chi connectivity index (χ1v) is 17.3. The van der Waals surface area contributed by atoms with Gasteiger partial charge in [-0.25, -0.2) is 4.98 Å². The van der Waals surface area contributed by atoms with Crippen molar-refractivity contribution in [2.45, 2.75) is 69.1 Å². The van der Waals surface area contributed by atoms with Gasteiger partial charge in [0, 0.05) is 48.4 Å². The van der Waals surface area contributed by atoms with E-state index >= 15 is 0 Å². The molecule has 3 heterocycles. The van der Waals surface area contributed by atoms with Crippen molar-refractivity contribution in [3.05, 3.63) is 87.4 Å². The van der Waals surface area contributed by atoms with E-state index in [9.17, 15) is 28.2 Å². The third kappa shape index (κ3) is 6.90. The summed E-state index contributed by atoms with van der Waals surface area (Å²) in [5.74, 6) is -1.28. The van der Waals surface area contributed by atoms with Crippen molar-refractivity contribution in [1.29, 1.82) is 0 Å². The van der Waals surface area contributed by atoms with Crippen molar-refractivity contribution < 1.29 is 42.4 Å². The van der Waals surface area contributed by atoms with Crippen LogP contribution in [0.4, 0.5) is 13.2 Å². The zero-order chi connectivity index (χ0) is 37.0. The predicted molar refractivity (Wildman–Crippen MR) is 186 cm³/mol. The molecule has 1 saturated heterocycles. The van der Waals surface area contributed by atoms with Crippen LogP contribution in [-0.2, 0) is 30.5 Å². The number of hydrogen-bond acceptors (Lipinski definition) is 9. The third-order valence-electron chi connectivity index (χ3n) is 9.99. The lowest BCUT2D eigenvalue weighted by Gasteiger charge is -2.44. The number of ether oxygens (including phenoxy) is 3. The van der Waals surface area contributed by atoms with Gasteiger partial charge in [-0.2, -0.15) is 18.2 Å². The number of hydrogen-bond donors (Lipinski definition) is 3. The molecule has 14 heteroatoms. The highest BCUT2D eigenvalue weighted by Gasteiger charge is 2.50. The summed E-state index contributed by atoms with van der Waals surface area (Å²) in [7, 11) is 2.85. The number of carboxylic acid groups (broad SMARTS) is 1. The molecule has 1 saturated carbocycles. The van der Waals surface area contributed by atoms with Gasteiger partial charge >= 0.3 is 12.1 Å². The lowest BCUT2D eigenvalue weighted by molar-refractivity contribution is -0.141. The minimum atomic E-state index is -4.80. The average Bonchev–Trinajstić information content (AvgIpc) is 3.79. The summed E-state index contributed by atoms with van der Waals surface area (Å²) in [6.45, 7) is 3.35. The molecule has 3 N–H and O–H groups in total. The first-order valence-electron chi connectivity index (χ1n) is 16.9. The Balaban J connectivity index is 1.16. The van der Waals surface area contributed by atoms with Crippen molar-refractivity contribution in [1.82, 2.24) is 20.2 Å². The van der Waals surface area contributed by atoms with Gasteiger partial charge in [0.05, 0.1) is 30.5 Å². The van der Waals surface area contributed by atoms with Crippen LogP contribution in [0.2, 0.25) is 5.02 Å². The molecule has 3 aliphatic rings. The van der Waals surface area contributed by atoms with E-state index in [1.165, 1.54) is 7.11 Å². The predicted octanol–water partition coefficient (Wildman–Crippen LogP) is 6.84. The molecular formula is C38H38ClF3N4O6. The number of carboxylic acids is 1. The number of nitrogens with one attached hydrogen (secondary N) is 1. The van der Waals surface area contributed by atoms with E-state index in [1.54, 1.807) is 14.0 Å². The molecule has 7 rings (SSSR count). The molecule has 0 amide bonds. The number of aromatic nitrogens is 2. The Morgan fingerprint density at radius 1 is 0.981 bits per heavy atom. The van der Waals surface area contributed by atoms with Crippen molar-refractivity contribution >= 4 is 17.6 Å². The molecule has 0 radical (unpaired) electrons. The molecule has 2 aromatic heterocycles. The Hall–Kier alpha value is -4.43. The summed E-state index contributed by atoms with van der Waals surface area (Å²) >= 11 is 7.09. The van der Waals surface area contributed by atoms with Gasteiger partial charge in [-0.15, -0.1) is 0 Å². The minimum absolute atomic E-state index is 0.0745. The number of fused-ring (bicyclic) bond motifs is 1. The van der Waals surface area contributed by atoms with Crippen LogP contribution in [0.3, 0.4) is 0 Å². The Morgan fingerprint density at radius 2 is 1.65 bits per heavy atom. The topological polar surface area (TPSA) is 126 Å². The molecule has 4 aromatic rings. The highest BCUT2D eigenvalue weighted by atomic mass is 35.5. The number of carbonyl (C=O) groups is 1. The number of pyridine rings is 2. The van der Waals surface area contributed by atoms with Crippen molar-refractivity contribution in [3.8, 4) is 40.0 Å². The highest BCUT2D eigenvalue weighted by molar-refractivity contribution is 6.36. The molecule has 2 aliphatic carbocycles. The third-order valence-corrected chi connectivity index (χ3v) is 10.4. The van der Waals surface area contributed by atoms with E-state index in [4.69, 9.17) is 30.8 Å². The molecular weight excluding hydrogens is 701 g/mol. The Labute approximate surface area is 303 Å². The summed E-state index contributed by atoms with van der Waals surface area (Å²) in [5.41, 5.74) is 2.56. The quantitative estimate of drug-likeness (QED) is 0.142. The van der Waals surface area contributed by atoms with Crippen molar-refractivity contribution in [2.24, 2.45) is 0 Å². The SMILES string of the molecule is COc1nc(-c2cccc(-c3cccc4c3CC[C@@H]4Oc3nc(OC)c(CNC4(C(=O)O)CC4)cc3C(F)(F)F)c2Cl)ccc1CN1CC(C)(O)C1. The maximum atomic E-state index is 14.4. The van der Waals surface area contributed by atoms with Crippen LogP contribution in [0.1, 0.15) is 60.1 Å². The molecule has 0 unspecified atom stereocenters. The number of alkyl halides is 3. The zero-order valence-electron chi connectivity index (χ0n) is 28.8. The van der Waals surface area contributed by atoms with E-state index in [-0.39, 0.29) is 18.0 Å². The fraction of sp³-hybridized carbons (Fsp3) is 0.395. The van der Waals surface area contributed by atoms with Crippen LogP contribution in [0.25, 0.3) is 22.4 Å². The molecule has 2 aromatic carbocycles. The number of aliphatic carboxylic acids is 1. The normalized spacial score (nSPS) is 18.7. The summed E-state index contributed by atoms with van der Waals surface area (Å²) in [5, 5.41) is 22.9. The van der Waals surface area contributed by atoms with Crippen LogP contribution in [-0.4, -0.2) is 69.5 Å². The smallest absolute Gasteiger partial charge is 0.421 e. The van der Waals surface area contributed by atoms with E-state index < -0.39 is 40.8 Å². The second kappa shape index (κ2) is 13.5. The average molecular weight is 739 g/mol. The van der Waals surface area contributed by atoms with Crippen molar-refractivity contribution in [3.63, 3.8) is 0 Å². The molecule has 1 aliphatic heterocycles. The standard InChI is InChI=1S/C38H38ClF3N4O6/c1-36(49)19-46(20-36)18-21-10-12-29(44-32(21)50-2)27-9-5-8-26(31(27)39)23-6-4-7-25-24(23)11-13-30(25)52-34-28(38(40,41)42)16-22(33(45-34)51-3)17-43-37(14-15-37)35(47)48/h4-10,12,16,30,43,49H,11,13-15,17-20H2,1-3H3,(H,47,48)/t30-/m0/s1. The Bertz CT molecular complexity index is 2030. The Morgan fingerprint density at radius 3 is 2.31 bits per heavy atom. The number of likely N-dealkylation sites (tertiary alicyclic amines) is 1. The number of nitrogens with zero attached hydrogens (tertiary/aromatic N) is 3. The molecule has 0 bridgehead atoms. The number of halogens is 4. The largest absolute Gasteiger partial charge is 0.481 e. The monoisotopic (exact) mass is 738 g/mol. The highest BCUT2D eigenvalue weighted by Crippen LogP contribution is 2.46. The number of aliphatic hydroxyl groups is 1. The van der Waals surface area contributed by atoms with Crippen LogP contribution in [0, 0.1) is 0 Å². The van der Waals surface area contributed by atoms with Gasteiger partial charge in [0.15, 0.2) is 0 Å². The molecule has 2 fully saturated rings. The summed E-state index contributed by atoms with van der Waals surface area (Å²) in [4.78, 5) is 22.6. The second-order valence-electron chi connectivity index (χ2n) is 13.9. The van der Waals surface area contributed by atoms with E-state index in [2.05, 4.69) is 15.2 Å². The van der Waals surface area contributed by atoms with Gasteiger partial charge in [0.25, 0.3) is 0 Å². The lowest BCUT2D eigenvalue weighted by Crippen LogP contribution is -2.59. The molecule has 52 heavy (non-hydrogen) atoms. The zero-order valence-corrected chi connectivity index (χ0v) is 29.6. The summed E-state index contributed by atoms with van der Waals surface area (Å²) < 4.78 is 60.3. The van der Waals surface area contributed by atoms with E-state index in [0.29, 0.717) is 67.5 Å². The van der Waals surface area contributed by atoms with Gasteiger partial charge < -0.3 is 24.4 Å². The van der Waals surface area contributed by atoms with Gasteiger partial charge in [-0.1, -0.05) is 54.1 Å². The number of rotatable bonds is 12. The second-order valence-corrected chi connectivity index (χ2v) is 14.3. The maximum absolute atomic E-state index is 14.4. The Kier molecular flexibility index (Phi) is 9.35. The van der Waals surface area contributed by atoms with Gasteiger partial charge in [-0.3, -0.25) is 15.0 Å². The number of methoxy groups -OCH3 is 2. The number of β-amino-alcohol motifs (C(OH)–C–C–N with tert-alkyl or cyclic N) is 1. The molecule has 0 spiro atoms. The van der Waals surface area contributed by atoms with Gasteiger partial charge in [-0.05, 0) is 61.4 Å². The van der Waals surface area contributed by atoms with Crippen molar-refractivity contribution in [2.75, 3.05) is 27.3 Å². The number of benzene rings is 2. The summed E-state index contributed by atoms with van der Waals surface area (Å²) in [6.07, 6.45) is -3.83. The molecule has 274 valence electrons. The fourth-order valence-electron chi connectivity index (χ4n) is 7.22. The lowest BCUT2D eigenvalue weighted by atomic mass is 9.94. The van der Waals surface area contributed by atoms with Crippen LogP contribution in [0.15, 0.2) is 54.6 Å². The maximum Gasteiger partial charge on any atom is 0.421 e.